The summed E-state index contributed by atoms with van der Waals surface area (Å²) in [6.07, 6.45) is 4.46. The average molecular weight is 343 g/mol. The molecule has 2 rings (SSSR count). The summed E-state index contributed by atoms with van der Waals surface area (Å²) in [5.74, 6) is 0.574. The molecule has 0 N–H and O–H groups in total. The molecule has 0 amide bonds. The Morgan fingerprint density at radius 1 is 1.04 bits per heavy atom. The van der Waals surface area contributed by atoms with Gasteiger partial charge in [0.1, 0.15) is 5.75 Å². The number of rotatable bonds is 6. The molecule has 124 valence electrons. The van der Waals surface area contributed by atoms with Crippen molar-refractivity contribution in [3.8, 4) is 5.75 Å². The molecule has 5 nitrogen and oxygen atoms in total. The maximum Gasteiger partial charge on any atom is 0.282 e. The van der Waals surface area contributed by atoms with Crippen molar-refractivity contribution in [2.24, 2.45) is 4.40 Å². The largest absolute Gasteiger partial charge is 0.497 e. The van der Waals surface area contributed by atoms with Crippen molar-refractivity contribution < 1.29 is 17.9 Å². The van der Waals surface area contributed by atoms with Crippen molar-refractivity contribution in [3.63, 3.8) is 0 Å². The van der Waals surface area contributed by atoms with Crippen LogP contribution in [0.15, 0.2) is 63.9 Å². The number of methoxy groups -OCH3 is 1. The maximum absolute atomic E-state index is 12.1. The van der Waals surface area contributed by atoms with Crippen molar-refractivity contribution >= 4 is 28.1 Å². The Balaban J connectivity index is 2.07. The van der Waals surface area contributed by atoms with Gasteiger partial charge >= 0.3 is 0 Å². The Kier molecular flexibility index (Phi) is 5.65. The molecule has 0 aromatic heterocycles. The van der Waals surface area contributed by atoms with Gasteiger partial charge in [0.2, 0.25) is 0 Å². The van der Waals surface area contributed by atoms with Crippen LogP contribution >= 0.6 is 0 Å². The number of sulfonamides is 1. The summed E-state index contributed by atoms with van der Waals surface area (Å²) in [6, 6.07) is 13.0. The third-order valence-corrected chi connectivity index (χ3v) is 4.52. The Hall–Kier alpha value is -2.73. The summed E-state index contributed by atoms with van der Waals surface area (Å²) in [6.45, 7) is 1.50. The highest BCUT2D eigenvalue weighted by Gasteiger charge is 2.10. The predicted molar refractivity (Wildman–Crippen MR) is 94.2 cm³/mol. The number of carbonyl (C=O) groups excluding carboxylic acids is 1. The lowest BCUT2D eigenvalue weighted by atomic mass is 10.1. The second kappa shape index (κ2) is 7.70. The SMILES string of the molecule is COc1ccc(S(=O)(=O)N=C/C=C/c2ccc(C(C)=O)cc2)cc1. The molecule has 0 heterocycles. The predicted octanol–water partition coefficient (Wildman–Crippen LogP) is 3.37. The lowest BCUT2D eigenvalue weighted by Gasteiger charge is -2.00. The van der Waals surface area contributed by atoms with Gasteiger partial charge in [-0.15, -0.1) is 0 Å². The first-order chi connectivity index (χ1) is 11.4. The number of ketones is 1. The fourth-order valence-electron chi connectivity index (χ4n) is 1.91. The molecule has 6 heteroatoms. The van der Waals surface area contributed by atoms with Crippen LogP contribution in [0.5, 0.6) is 5.75 Å². The van der Waals surface area contributed by atoms with E-state index in [4.69, 9.17) is 4.74 Å². The van der Waals surface area contributed by atoms with Gasteiger partial charge < -0.3 is 4.74 Å². The van der Waals surface area contributed by atoms with E-state index in [1.165, 1.54) is 38.5 Å². The monoisotopic (exact) mass is 343 g/mol. The number of benzene rings is 2. The summed E-state index contributed by atoms with van der Waals surface area (Å²) in [4.78, 5) is 11.3. The highest BCUT2D eigenvalue weighted by molar-refractivity contribution is 7.90. The molecule has 0 atom stereocenters. The van der Waals surface area contributed by atoms with E-state index in [0.29, 0.717) is 11.3 Å². The van der Waals surface area contributed by atoms with Crippen LogP contribution in [-0.2, 0) is 10.0 Å². The van der Waals surface area contributed by atoms with Crippen LogP contribution in [-0.4, -0.2) is 27.5 Å². The van der Waals surface area contributed by atoms with Gasteiger partial charge in [-0.25, -0.2) is 0 Å². The van der Waals surface area contributed by atoms with Gasteiger partial charge in [0.15, 0.2) is 5.78 Å². The van der Waals surface area contributed by atoms with E-state index in [-0.39, 0.29) is 10.7 Å². The Labute approximate surface area is 141 Å². The van der Waals surface area contributed by atoms with E-state index in [1.807, 2.05) is 0 Å². The minimum atomic E-state index is -3.74. The molecular weight excluding hydrogens is 326 g/mol. The molecule has 0 aliphatic rings. The first-order valence-corrected chi connectivity index (χ1v) is 8.58. The van der Waals surface area contributed by atoms with Gasteiger partial charge in [-0.3, -0.25) is 4.79 Å². The molecule has 0 saturated carbocycles. The summed E-state index contributed by atoms with van der Waals surface area (Å²) in [5, 5.41) is 0. The van der Waals surface area contributed by atoms with Crippen LogP contribution in [0, 0.1) is 0 Å². The van der Waals surface area contributed by atoms with Crippen LogP contribution in [0.25, 0.3) is 6.08 Å². The molecule has 2 aromatic carbocycles. The Morgan fingerprint density at radius 3 is 2.21 bits per heavy atom. The summed E-state index contributed by atoms with van der Waals surface area (Å²) >= 11 is 0. The third-order valence-electron chi connectivity index (χ3n) is 3.25. The molecular formula is C18H17NO4S. The van der Waals surface area contributed by atoms with Gasteiger partial charge in [-0.05, 0) is 42.8 Å². The van der Waals surface area contributed by atoms with E-state index in [0.717, 1.165) is 5.56 Å². The molecule has 0 radical (unpaired) electrons. The summed E-state index contributed by atoms with van der Waals surface area (Å²) in [5.41, 5.74) is 1.47. The van der Waals surface area contributed by atoms with Crippen molar-refractivity contribution in [1.82, 2.24) is 0 Å². The van der Waals surface area contributed by atoms with Crippen LogP contribution in [0.3, 0.4) is 0 Å². The van der Waals surface area contributed by atoms with Gasteiger partial charge in [0, 0.05) is 11.8 Å². The molecule has 0 bridgehead atoms. The zero-order valence-corrected chi connectivity index (χ0v) is 14.2. The van der Waals surface area contributed by atoms with Crippen LogP contribution in [0.1, 0.15) is 22.8 Å². The van der Waals surface area contributed by atoms with Crippen molar-refractivity contribution in [2.45, 2.75) is 11.8 Å². The fraction of sp³-hybridized carbons (Fsp3) is 0.111. The zero-order chi connectivity index (χ0) is 17.6. The molecule has 0 aliphatic heterocycles. The molecule has 0 fully saturated rings. The minimum Gasteiger partial charge on any atom is -0.497 e. The molecule has 0 saturated heterocycles. The van der Waals surface area contributed by atoms with E-state index < -0.39 is 10.0 Å². The number of hydrogen-bond donors (Lipinski definition) is 0. The molecule has 24 heavy (non-hydrogen) atoms. The number of allylic oxidation sites excluding steroid dienone is 1. The number of carbonyl (C=O) groups is 1. The highest BCUT2D eigenvalue weighted by Crippen LogP contribution is 2.17. The van der Waals surface area contributed by atoms with Gasteiger partial charge in [-0.2, -0.15) is 12.8 Å². The number of ether oxygens (including phenoxy) is 1. The Bertz CT molecular complexity index is 864. The number of hydrogen-bond acceptors (Lipinski definition) is 4. The van der Waals surface area contributed by atoms with Gasteiger partial charge in [0.05, 0.1) is 12.0 Å². The standard InChI is InChI=1S/C18H17NO4S/c1-14(20)16-7-5-15(6-8-16)4-3-13-19-24(21,22)18-11-9-17(23-2)10-12-18/h3-13H,1-2H3/b4-3+,19-13?. The quantitative estimate of drug-likeness (QED) is 0.595. The van der Waals surface area contributed by atoms with E-state index in [1.54, 1.807) is 42.5 Å². The third kappa shape index (κ3) is 4.63. The van der Waals surface area contributed by atoms with Gasteiger partial charge in [0.25, 0.3) is 10.0 Å². The van der Waals surface area contributed by atoms with Crippen LogP contribution < -0.4 is 4.74 Å². The van der Waals surface area contributed by atoms with E-state index in [9.17, 15) is 13.2 Å². The van der Waals surface area contributed by atoms with Gasteiger partial charge in [-0.1, -0.05) is 30.3 Å². The Morgan fingerprint density at radius 2 is 1.67 bits per heavy atom. The first kappa shape index (κ1) is 17.6. The zero-order valence-electron chi connectivity index (χ0n) is 13.3. The highest BCUT2D eigenvalue weighted by atomic mass is 32.2. The summed E-state index contributed by atoms with van der Waals surface area (Å²) in [7, 11) is -2.23. The smallest absolute Gasteiger partial charge is 0.282 e. The summed E-state index contributed by atoms with van der Waals surface area (Å²) < 4.78 is 32.7. The molecule has 2 aromatic rings. The second-order valence-corrected chi connectivity index (χ2v) is 6.57. The fourth-order valence-corrected chi connectivity index (χ4v) is 2.74. The van der Waals surface area contributed by atoms with E-state index in [2.05, 4.69) is 4.40 Å². The maximum atomic E-state index is 12.1. The molecule has 0 aliphatic carbocycles. The molecule has 0 spiro atoms. The van der Waals surface area contributed by atoms with E-state index >= 15 is 0 Å². The minimum absolute atomic E-state index is 0.00215. The topological polar surface area (TPSA) is 72.8 Å². The first-order valence-electron chi connectivity index (χ1n) is 7.14. The van der Waals surface area contributed by atoms with Crippen LogP contribution in [0.4, 0.5) is 0 Å². The normalized spacial score (nSPS) is 11.9. The lowest BCUT2D eigenvalue weighted by molar-refractivity contribution is 0.101. The number of nitrogens with zero attached hydrogens (tertiary/aromatic N) is 1. The number of Topliss-reactive ketones (excluding diaryl/α,β-unsaturated/α-hetero) is 1. The average Bonchev–Trinajstić information content (AvgIpc) is 2.59. The lowest BCUT2D eigenvalue weighted by Crippen LogP contribution is -1.96. The second-order valence-electron chi connectivity index (χ2n) is 4.94. The van der Waals surface area contributed by atoms with Crippen molar-refractivity contribution in [2.75, 3.05) is 7.11 Å². The molecule has 0 unspecified atom stereocenters. The van der Waals surface area contributed by atoms with Crippen molar-refractivity contribution in [1.29, 1.82) is 0 Å². The van der Waals surface area contributed by atoms with Crippen LogP contribution in [0.2, 0.25) is 0 Å². The van der Waals surface area contributed by atoms with Crippen molar-refractivity contribution in [3.05, 3.63) is 65.7 Å².